The molecule has 0 fully saturated rings. The number of hydrogen-bond acceptors (Lipinski definition) is 3. The molecule has 0 spiro atoms. The Morgan fingerprint density at radius 2 is 2.00 bits per heavy atom. The summed E-state index contributed by atoms with van der Waals surface area (Å²) in [6.07, 6.45) is -3.33. The van der Waals surface area contributed by atoms with Gasteiger partial charge in [-0.25, -0.2) is 0 Å². The van der Waals surface area contributed by atoms with Crippen LogP contribution in [0.4, 0.5) is 19.2 Å². The van der Waals surface area contributed by atoms with Gasteiger partial charge in [-0.15, -0.1) is 0 Å². The van der Waals surface area contributed by atoms with Crippen molar-refractivity contribution in [3.05, 3.63) is 35.0 Å². The topological polar surface area (TPSA) is 52.0 Å². The Labute approximate surface area is 99.0 Å². The lowest BCUT2D eigenvalue weighted by Gasteiger charge is -2.09. The second-order valence-electron chi connectivity index (χ2n) is 3.26. The standard InChI is InChI=1S/C10H6ClF3N2O/c11-7-2-1-5(3-6(7)10(12,13)14)8-4-17-9(15)16-8/h1-4H,(H2,15,16). The number of nitrogen functional groups attached to an aromatic ring is 1. The Morgan fingerprint density at radius 3 is 2.53 bits per heavy atom. The lowest BCUT2D eigenvalue weighted by atomic mass is 10.1. The van der Waals surface area contributed by atoms with E-state index in [1.165, 1.54) is 12.3 Å². The van der Waals surface area contributed by atoms with Crippen molar-refractivity contribution in [2.24, 2.45) is 0 Å². The minimum absolute atomic E-state index is 0.108. The highest BCUT2D eigenvalue weighted by molar-refractivity contribution is 6.31. The number of nitrogens with two attached hydrogens (primary N) is 1. The van der Waals surface area contributed by atoms with Crippen molar-refractivity contribution in [2.75, 3.05) is 5.73 Å². The first-order chi connectivity index (χ1) is 7.88. The maximum absolute atomic E-state index is 12.6. The zero-order chi connectivity index (χ0) is 12.6. The average Bonchev–Trinajstić information content (AvgIpc) is 2.64. The third-order valence-electron chi connectivity index (χ3n) is 2.09. The summed E-state index contributed by atoms with van der Waals surface area (Å²) in [4.78, 5) is 3.73. The summed E-state index contributed by atoms with van der Waals surface area (Å²) in [7, 11) is 0. The molecule has 90 valence electrons. The fourth-order valence-corrected chi connectivity index (χ4v) is 1.55. The Kier molecular flexibility index (Phi) is 2.74. The molecule has 0 atom stereocenters. The van der Waals surface area contributed by atoms with Crippen LogP contribution >= 0.6 is 11.6 Å². The van der Waals surface area contributed by atoms with Gasteiger partial charge >= 0.3 is 6.18 Å². The molecule has 0 aliphatic rings. The first kappa shape index (κ1) is 11.8. The molecule has 0 unspecified atom stereocenters. The predicted molar refractivity (Wildman–Crippen MR) is 56.4 cm³/mol. The zero-order valence-electron chi connectivity index (χ0n) is 8.25. The van der Waals surface area contributed by atoms with Gasteiger partial charge in [-0.05, 0) is 12.1 Å². The molecule has 0 bridgehead atoms. The van der Waals surface area contributed by atoms with Gasteiger partial charge in [0.25, 0.3) is 6.01 Å². The molecule has 2 rings (SSSR count). The lowest BCUT2D eigenvalue weighted by Crippen LogP contribution is -2.05. The van der Waals surface area contributed by atoms with Gasteiger partial charge in [-0.3, -0.25) is 0 Å². The molecule has 3 nitrogen and oxygen atoms in total. The lowest BCUT2D eigenvalue weighted by molar-refractivity contribution is -0.137. The Bertz CT molecular complexity index is 551. The number of rotatable bonds is 1. The van der Waals surface area contributed by atoms with Crippen LogP contribution in [-0.4, -0.2) is 4.98 Å². The van der Waals surface area contributed by atoms with Crippen LogP contribution < -0.4 is 5.73 Å². The molecule has 0 amide bonds. The van der Waals surface area contributed by atoms with Gasteiger partial charge in [-0.1, -0.05) is 17.7 Å². The molecule has 1 aromatic carbocycles. The van der Waals surface area contributed by atoms with Gasteiger partial charge < -0.3 is 10.2 Å². The number of alkyl halides is 3. The molecule has 0 radical (unpaired) electrons. The first-order valence-electron chi connectivity index (χ1n) is 4.46. The monoisotopic (exact) mass is 262 g/mol. The largest absolute Gasteiger partial charge is 0.432 e. The fraction of sp³-hybridized carbons (Fsp3) is 0.100. The van der Waals surface area contributed by atoms with E-state index in [1.54, 1.807) is 0 Å². The Morgan fingerprint density at radius 1 is 1.29 bits per heavy atom. The second kappa shape index (κ2) is 3.96. The van der Waals surface area contributed by atoms with Crippen molar-refractivity contribution in [1.29, 1.82) is 0 Å². The van der Waals surface area contributed by atoms with Crippen LogP contribution in [0.2, 0.25) is 5.02 Å². The van der Waals surface area contributed by atoms with E-state index in [-0.39, 0.29) is 22.3 Å². The fourth-order valence-electron chi connectivity index (χ4n) is 1.32. The summed E-state index contributed by atoms with van der Waals surface area (Å²) in [5.74, 6) is 0. The van der Waals surface area contributed by atoms with Gasteiger partial charge in [0.1, 0.15) is 12.0 Å². The highest BCUT2D eigenvalue weighted by Crippen LogP contribution is 2.37. The predicted octanol–water partition coefficient (Wildman–Crippen LogP) is 3.60. The van der Waals surface area contributed by atoms with Crippen molar-refractivity contribution in [3.8, 4) is 11.3 Å². The van der Waals surface area contributed by atoms with E-state index in [0.29, 0.717) is 0 Å². The van der Waals surface area contributed by atoms with Gasteiger partial charge in [0, 0.05) is 5.56 Å². The molecular formula is C10H6ClF3N2O. The minimum Gasteiger partial charge on any atom is -0.432 e. The highest BCUT2D eigenvalue weighted by atomic mass is 35.5. The smallest absolute Gasteiger partial charge is 0.417 e. The van der Waals surface area contributed by atoms with Gasteiger partial charge in [-0.2, -0.15) is 18.2 Å². The molecule has 1 heterocycles. The van der Waals surface area contributed by atoms with Crippen LogP contribution in [0.1, 0.15) is 5.56 Å². The molecule has 2 N–H and O–H groups in total. The minimum atomic E-state index is -4.51. The van der Waals surface area contributed by atoms with Crippen molar-refractivity contribution < 1.29 is 17.6 Å². The normalized spacial score (nSPS) is 11.8. The second-order valence-corrected chi connectivity index (χ2v) is 3.67. The summed E-state index contributed by atoms with van der Waals surface area (Å²) in [5.41, 5.74) is 4.79. The molecule has 0 saturated heterocycles. The van der Waals surface area contributed by atoms with Gasteiger partial charge in [0.05, 0.1) is 10.6 Å². The number of anilines is 1. The van der Waals surface area contributed by atoms with E-state index in [2.05, 4.69) is 4.98 Å². The number of hydrogen-bond donors (Lipinski definition) is 1. The highest BCUT2D eigenvalue weighted by Gasteiger charge is 2.33. The van der Waals surface area contributed by atoms with E-state index in [4.69, 9.17) is 21.8 Å². The molecule has 1 aromatic heterocycles. The molecule has 2 aromatic rings. The van der Waals surface area contributed by atoms with Crippen LogP contribution in [0.3, 0.4) is 0 Å². The number of oxazole rings is 1. The zero-order valence-corrected chi connectivity index (χ0v) is 9.01. The Hall–Kier alpha value is -1.69. The molecule has 0 aliphatic carbocycles. The Balaban J connectivity index is 2.51. The molecule has 0 saturated carbocycles. The molecule has 0 aliphatic heterocycles. The van der Waals surface area contributed by atoms with Crippen LogP contribution in [-0.2, 0) is 6.18 Å². The van der Waals surface area contributed by atoms with Crippen molar-refractivity contribution in [2.45, 2.75) is 6.18 Å². The molecule has 7 heteroatoms. The summed E-state index contributed by atoms with van der Waals surface area (Å²) in [6, 6.07) is 3.36. The van der Waals surface area contributed by atoms with Crippen molar-refractivity contribution >= 4 is 17.6 Å². The number of aromatic nitrogens is 1. The molecular weight excluding hydrogens is 257 g/mol. The van der Waals surface area contributed by atoms with Gasteiger partial charge in [0.15, 0.2) is 0 Å². The van der Waals surface area contributed by atoms with E-state index < -0.39 is 11.7 Å². The average molecular weight is 263 g/mol. The maximum atomic E-state index is 12.6. The van der Waals surface area contributed by atoms with Crippen LogP contribution in [0.5, 0.6) is 0 Å². The van der Waals surface area contributed by atoms with E-state index in [9.17, 15) is 13.2 Å². The summed E-state index contributed by atoms with van der Waals surface area (Å²) >= 11 is 5.48. The summed E-state index contributed by atoms with van der Waals surface area (Å²) in [6.45, 7) is 0. The molecule has 17 heavy (non-hydrogen) atoms. The van der Waals surface area contributed by atoms with E-state index >= 15 is 0 Å². The first-order valence-corrected chi connectivity index (χ1v) is 4.84. The van der Waals surface area contributed by atoms with E-state index in [1.807, 2.05) is 0 Å². The maximum Gasteiger partial charge on any atom is 0.417 e. The van der Waals surface area contributed by atoms with Crippen LogP contribution in [0.15, 0.2) is 28.9 Å². The SMILES string of the molecule is Nc1nc(-c2ccc(Cl)c(C(F)(F)F)c2)co1. The quantitative estimate of drug-likeness (QED) is 0.854. The third-order valence-corrected chi connectivity index (χ3v) is 2.42. The summed E-state index contributed by atoms with van der Waals surface area (Å²) in [5, 5.41) is -0.363. The van der Waals surface area contributed by atoms with Gasteiger partial charge in [0.2, 0.25) is 0 Å². The van der Waals surface area contributed by atoms with Crippen LogP contribution in [0, 0.1) is 0 Å². The van der Waals surface area contributed by atoms with Crippen molar-refractivity contribution in [1.82, 2.24) is 4.98 Å². The van der Waals surface area contributed by atoms with Crippen LogP contribution in [0.25, 0.3) is 11.3 Å². The van der Waals surface area contributed by atoms with E-state index in [0.717, 1.165) is 12.1 Å². The number of nitrogens with zero attached hydrogens (tertiary/aromatic N) is 1. The van der Waals surface area contributed by atoms with Crippen molar-refractivity contribution in [3.63, 3.8) is 0 Å². The third kappa shape index (κ3) is 2.36. The number of halogens is 4. The number of benzene rings is 1. The summed E-state index contributed by atoms with van der Waals surface area (Å²) < 4.78 is 42.5.